The largest absolute Gasteiger partial charge is 0.497 e. The first-order chi connectivity index (χ1) is 26.8. The van der Waals surface area contributed by atoms with Crippen LogP contribution in [0.5, 0.6) is 11.5 Å². The fourth-order valence-electron chi connectivity index (χ4n) is 6.02. The molecule has 1 N–H and O–H groups in total. The van der Waals surface area contributed by atoms with Gasteiger partial charge in [0.05, 0.1) is 69.0 Å². The number of carbonyl (C=O) groups excluding carboxylic acids is 2. The van der Waals surface area contributed by atoms with E-state index in [0.29, 0.717) is 36.4 Å². The fraction of sp³-hybridized carbons (Fsp3) is 0.476. The van der Waals surface area contributed by atoms with Crippen LogP contribution in [-0.4, -0.2) is 79.0 Å². The highest BCUT2D eigenvalue weighted by Crippen LogP contribution is 2.23. The Morgan fingerprint density at radius 3 is 1.65 bits per heavy atom. The number of hydrogen-bond acceptors (Lipinski definition) is 10. The van der Waals surface area contributed by atoms with Crippen molar-refractivity contribution >= 4 is 23.8 Å². The lowest BCUT2D eigenvalue weighted by Gasteiger charge is -2.35. The molecular weight excluding hydrogens is 752 g/mol. The van der Waals surface area contributed by atoms with Gasteiger partial charge in [-0.1, -0.05) is 24.3 Å². The van der Waals surface area contributed by atoms with Crippen LogP contribution in [0.4, 0.5) is 9.59 Å². The first-order valence-corrected chi connectivity index (χ1v) is 19.3. The van der Waals surface area contributed by atoms with Crippen LogP contribution in [0.2, 0.25) is 0 Å². The zero-order valence-electron chi connectivity index (χ0n) is 34.6. The number of halogens is 1. The van der Waals surface area contributed by atoms with Gasteiger partial charge in [0.15, 0.2) is 0 Å². The zero-order chi connectivity index (χ0) is 42.1. The Morgan fingerprint density at radius 2 is 1.19 bits per heavy atom. The number of nitrogens with zero attached hydrogens (tertiary/aromatic N) is 5. The molecule has 0 saturated heterocycles. The molecule has 308 valence electrons. The van der Waals surface area contributed by atoms with E-state index in [4.69, 9.17) is 30.5 Å². The van der Waals surface area contributed by atoms with Crippen LogP contribution in [0.25, 0.3) is 0 Å². The van der Waals surface area contributed by atoms with Crippen molar-refractivity contribution < 1.29 is 28.5 Å². The van der Waals surface area contributed by atoms with Crippen LogP contribution >= 0.6 is 11.6 Å². The van der Waals surface area contributed by atoms with E-state index in [9.17, 15) is 19.2 Å². The quantitative estimate of drug-likeness (QED) is 0.211. The number of rotatable bonds is 5. The van der Waals surface area contributed by atoms with Gasteiger partial charge >= 0.3 is 12.2 Å². The van der Waals surface area contributed by atoms with E-state index in [0.717, 1.165) is 34.0 Å². The van der Waals surface area contributed by atoms with Crippen molar-refractivity contribution in [1.82, 2.24) is 29.3 Å². The van der Waals surface area contributed by atoms with E-state index in [-0.39, 0.29) is 36.3 Å². The van der Waals surface area contributed by atoms with Gasteiger partial charge in [-0.2, -0.15) is 0 Å². The Bertz CT molecular complexity index is 2070. The molecule has 0 unspecified atom stereocenters. The minimum Gasteiger partial charge on any atom is -0.497 e. The summed E-state index contributed by atoms with van der Waals surface area (Å²) in [4.78, 5) is 63.8. The van der Waals surface area contributed by atoms with Gasteiger partial charge in [0.1, 0.15) is 22.7 Å². The summed E-state index contributed by atoms with van der Waals surface area (Å²) in [5.74, 6) is 2.19. The molecule has 14 nitrogen and oxygen atoms in total. The topological polar surface area (TPSA) is 158 Å². The maximum Gasteiger partial charge on any atom is 0.410 e. The number of nitrogens with one attached hydrogen (secondary N) is 1. The Morgan fingerprint density at radius 1 is 0.737 bits per heavy atom. The van der Waals surface area contributed by atoms with Crippen molar-refractivity contribution in [3.05, 3.63) is 116 Å². The zero-order valence-corrected chi connectivity index (χ0v) is 35.3. The summed E-state index contributed by atoms with van der Waals surface area (Å²) in [5, 5.41) is 0. The molecule has 0 bridgehead atoms. The van der Waals surface area contributed by atoms with E-state index < -0.39 is 23.4 Å². The van der Waals surface area contributed by atoms with E-state index in [2.05, 4.69) is 15.0 Å². The number of alkyl halides is 1. The lowest BCUT2D eigenvalue weighted by molar-refractivity contribution is 0.0124. The molecule has 15 heteroatoms. The molecule has 2 atom stereocenters. The Balaban J connectivity index is 0.000000213. The smallest absolute Gasteiger partial charge is 0.410 e. The Kier molecular flexibility index (Phi) is 14.9. The van der Waals surface area contributed by atoms with Gasteiger partial charge in [0, 0.05) is 30.8 Å². The molecule has 57 heavy (non-hydrogen) atoms. The minimum atomic E-state index is -0.583. The highest BCUT2D eigenvalue weighted by atomic mass is 35.5. The molecule has 2 amide bonds. The van der Waals surface area contributed by atoms with E-state index >= 15 is 0 Å². The monoisotopic (exact) mass is 806 g/mol. The molecule has 0 spiro atoms. The fourth-order valence-corrected chi connectivity index (χ4v) is 6.20. The summed E-state index contributed by atoms with van der Waals surface area (Å²) in [6, 6.07) is 15.1. The number of benzene rings is 2. The van der Waals surface area contributed by atoms with Crippen LogP contribution in [-0.2, 0) is 47.8 Å². The lowest BCUT2D eigenvalue weighted by atomic mass is 10.0. The van der Waals surface area contributed by atoms with Gasteiger partial charge in [0.25, 0.3) is 11.1 Å². The summed E-state index contributed by atoms with van der Waals surface area (Å²) in [6.45, 7) is 15.7. The maximum atomic E-state index is 13.0. The number of fused-ring (bicyclic) bond motifs is 2. The van der Waals surface area contributed by atoms with E-state index in [1.54, 1.807) is 34.9 Å². The van der Waals surface area contributed by atoms with E-state index in [1.165, 1.54) is 6.33 Å². The molecule has 0 saturated carbocycles. The summed E-state index contributed by atoms with van der Waals surface area (Å²) in [5.41, 5.74) is 3.26. The van der Waals surface area contributed by atoms with Crippen molar-refractivity contribution in [2.24, 2.45) is 0 Å². The molecule has 0 aliphatic carbocycles. The summed E-state index contributed by atoms with van der Waals surface area (Å²) >= 11 is 5.58. The van der Waals surface area contributed by atoms with Crippen molar-refractivity contribution in [2.45, 2.75) is 117 Å². The second kappa shape index (κ2) is 19.2. The molecule has 2 aromatic carbocycles. The molecule has 2 aliphatic rings. The van der Waals surface area contributed by atoms with Crippen LogP contribution in [0, 0.1) is 0 Å². The van der Waals surface area contributed by atoms with Crippen LogP contribution in [0.1, 0.15) is 89.0 Å². The first kappa shape index (κ1) is 44.3. The molecule has 2 aromatic heterocycles. The first-order valence-electron chi connectivity index (χ1n) is 18.8. The molecule has 2 aliphatic heterocycles. The lowest BCUT2D eigenvalue weighted by Crippen LogP contribution is -2.47. The molecule has 4 heterocycles. The van der Waals surface area contributed by atoms with Gasteiger partial charge in [0.2, 0.25) is 0 Å². The normalized spacial score (nSPS) is 16.1. The summed E-state index contributed by atoms with van der Waals surface area (Å²) in [7, 11) is 3.26. The number of aromatic nitrogens is 4. The minimum absolute atomic E-state index is 0.0309. The predicted octanol–water partition coefficient (Wildman–Crippen LogP) is 6.87. The average Bonchev–Trinajstić information content (AvgIpc) is 3.15. The Labute approximate surface area is 339 Å². The second-order valence-electron chi connectivity index (χ2n) is 15.9. The van der Waals surface area contributed by atoms with Gasteiger partial charge < -0.3 is 33.7 Å². The molecular formula is C42H55ClN6O8. The number of ether oxygens (including phenoxy) is 4. The maximum absolute atomic E-state index is 13.0. The molecule has 0 fully saturated rings. The van der Waals surface area contributed by atoms with Gasteiger partial charge in [-0.3, -0.25) is 14.2 Å². The number of H-pyrrole nitrogens is 1. The Hall–Kier alpha value is -5.37. The van der Waals surface area contributed by atoms with Crippen LogP contribution in [0.15, 0.2) is 70.8 Å². The third-order valence-electron chi connectivity index (χ3n) is 9.04. The number of amides is 2. The van der Waals surface area contributed by atoms with Crippen LogP contribution < -0.4 is 20.6 Å². The number of aromatic amines is 1. The van der Waals surface area contributed by atoms with Crippen molar-refractivity contribution in [2.75, 3.05) is 14.2 Å². The SMILES string of the molecule is COc1ccc(CCl)cc1.COc1ccc(Cn2cnc3c(c2=O)CN(C(=O)OC(C)(C)C)[C@H](C)C3)cc1.C[C@@H]1Cc2nc[nH]c(=O)c2CN1C(=O)OC(C)(C)C. The predicted molar refractivity (Wildman–Crippen MR) is 218 cm³/mol. The van der Waals surface area contributed by atoms with Crippen molar-refractivity contribution in [3.8, 4) is 11.5 Å². The highest BCUT2D eigenvalue weighted by Gasteiger charge is 2.34. The highest BCUT2D eigenvalue weighted by molar-refractivity contribution is 6.17. The van der Waals surface area contributed by atoms with Crippen LogP contribution in [0.3, 0.4) is 0 Å². The summed E-state index contributed by atoms with van der Waals surface area (Å²) in [6.07, 6.45) is 3.29. The second-order valence-corrected chi connectivity index (χ2v) is 16.2. The third kappa shape index (κ3) is 12.6. The number of carbonyl (C=O) groups is 2. The van der Waals surface area contributed by atoms with Gasteiger partial charge in [-0.25, -0.2) is 19.6 Å². The molecule has 0 radical (unpaired) electrons. The number of hydrogen-bond donors (Lipinski definition) is 1. The van der Waals surface area contributed by atoms with Gasteiger partial charge in [-0.15, -0.1) is 11.6 Å². The van der Waals surface area contributed by atoms with Crippen molar-refractivity contribution in [3.63, 3.8) is 0 Å². The summed E-state index contributed by atoms with van der Waals surface area (Å²) < 4.78 is 22.6. The average molecular weight is 807 g/mol. The van der Waals surface area contributed by atoms with E-state index in [1.807, 2.05) is 104 Å². The molecule has 4 aromatic rings. The standard InChI is InChI=1S/C21H27N3O4.C13H19N3O3.C8H9ClO/c1-14-10-18-17(12-24(14)20(26)28-21(2,3)4)19(25)23(13-22-18)11-15-6-8-16(27-5)9-7-15;1-8-5-10-9(11(17)15-7-14-10)6-16(8)12(18)19-13(2,3)4;1-10-8-4-2-7(6-9)3-5-8/h6-9,13-14H,10-12H2,1-5H3;7-8H,5-6H2,1-4H3,(H,14,15,17);2-5H,6H2,1H3/t14-;8-;/m11./s1. The third-order valence-corrected chi connectivity index (χ3v) is 9.35. The van der Waals surface area contributed by atoms with Crippen molar-refractivity contribution in [1.29, 1.82) is 0 Å². The van der Waals surface area contributed by atoms with Gasteiger partial charge in [-0.05, 0) is 90.8 Å². The molecule has 6 rings (SSSR count). The number of methoxy groups -OCH3 is 2.